The van der Waals surface area contributed by atoms with Gasteiger partial charge in [0.25, 0.3) is 0 Å². The summed E-state index contributed by atoms with van der Waals surface area (Å²) in [6.07, 6.45) is 4.23. The molecule has 1 fully saturated rings. The number of halogens is 1. The Hall–Kier alpha value is -1.78. The quantitative estimate of drug-likeness (QED) is 0.264. The van der Waals surface area contributed by atoms with Crippen molar-refractivity contribution in [3.05, 3.63) is 54.0 Å². The maximum atomic E-state index is 5.74. The van der Waals surface area contributed by atoms with E-state index in [-0.39, 0.29) is 36.1 Å². The number of para-hydroxylation sites is 1. The van der Waals surface area contributed by atoms with Crippen molar-refractivity contribution in [2.45, 2.75) is 31.8 Å². The van der Waals surface area contributed by atoms with Crippen LogP contribution in [0.4, 0.5) is 0 Å². The van der Waals surface area contributed by atoms with Crippen LogP contribution in [0.3, 0.4) is 0 Å². The van der Waals surface area contributed by atoms with E-state index in [2.05, 4.69) is 59.7 Å². The van der Waals surface area contributed by atoms with Gasteiger partial charge in [-0.15, -0.1) is 24.0 Å². The predicted molar refractivity (Wildman–Crippen MR) is 141 cm³/mol. The molecule has 2 N–H and O–H groups in total. The molecule has 0 bridgehead atoms. The maximum Gasteiger partial charge on any atom is 0.191 e. The smallest absolute Gasteiger partial charge is 0.191 e. The molecule has 2 atom stereocenters. The van der Waals surface area contributed by atoms with Crippen LogP contribution in [0.1, 0.15) is 43.2 Å². The monoisotopic (exact) mass is 555 g/mol. The number of aliphatic imine (C=N–C) groups is 1. The first-order valence-electron chi connectivity index (χ1n) is 11.2. The van der Waals surface area contributed by atoms with Crippen molar-refractivity contribution in [3.8, 4) is 5.75 Å². The zero-order valence-corrected chi connectivity index (χ0v) is 22.0. The molecular formula is C24H38IN5O2. The SMILES string of the molecule is CCNC(=NCC(c1ccco1)N1CCCC1)NCC(c1ccccc1OC)N(C)C.I. The van der Waals surface area contributed by atoms with E-state index >= 15 is 0 Å². The first-order chi connectivity index (χ1) is 15.1. The van der Waals surface area contributed by atoms with E-state index in [1.54, 1.807) is 13.4 Å². The van der Waals surface area contributed by atoms with Crippen molar-refractivity contribution in [2.75, 3.05) is 53.9 Å². The first kappa shape index (κ1) is 26.5. The summed E-state index contributed by atoms with van der Waals surface area (Å²) in [5, 5.41) is 6.92. The summed E-state index contributed by atoms with van der Waals surface area (Å²) >= 11 is 0. The van der Waals surface area contributed by atoms with Crippen LogP contribution in [-0.2, 0) is 0 Å². The second-order valence-electron chi connectivity index (χ2n) is 8.10. The fourth-order valence-corrected chi connectivity index (χ4v) is 4.14. The number of benzene rings is 1. The van der Waals surface area contributed by atoms with Gasteiger partial charge in [-0.05, 0) is 65.1 Å². The molecule has 0 amide bonds. The molecular weight excluding hydrogens is 517 g/mol. The highest BCUT2D eigenvalue weighted by Crippen LogP contribution is 2.28. The van der Waals surface area contributed by atoms with Gasteiger partial charge in [-0.3, -0.25) is 9.89 Å². The van der Waals surface area contributed by atoms with Gasteiger partial charge in [0.1, 0.15) is 11.5 Å². The van der Waals surface area contributed by atoms with Crippen LogP contribution in [0, 0.1) is 0 Å². The number of hydrogen-bond donors (Lipinski definition) is 2. The van der Waals surface area contributed by atoms with Crippen LogP contribution >= 0.6 is 24.0 Å². The molecule has 1 aromatic heterocycles. The van der Waals surface area contributed by atoms with Gasteiger partial charge in [-0.1, -0.05) is 18.2 Å². The van der Waals surface area contributed by atoms with Crippen LogP contribution in [0.25, 0.3) is 0 Å². The number of likely N-dealkylation sites (N-methyl/N-ethyl adjacent to an activating group) is 1. The molecule has 1 aromatic carbocycles. The molecule has 0 spiro atoms. The van der Waals surface area contributed by atoms with Gasteiger partial charge in [0.15, 0.2) is 5.96 Å². The highest BCUT2D eigenvalue weighted by atomic mass is 127. The number of methoxy groups -OCH3 is 1. The molecule has 7 nitrogen and oxygen atoms in total. The van der Waals surface area contributed by atoms with E-state index in [1.807, 2.05) is 18.2 Å². The van der Waals surface area contributed by atoms with Crippen LogP contribution < -0.4 is 15.4 Å². The highest BCUT2D eigenvalue weighted by Gasteiger charge is 2.25. The van der Waals surface area contributed by atoms with Crippen molar-refractivity contribution in [3.63, 3.8) is 0 Å². The van der Waals surface area contributed by atoms with Gasteiger partial charge in [0.2, 0.25) is 0 Å². The molecule has 178 valence electrons. The number of nitrogens with zero attached hydrogens (tertiary/aromatic N) is 3. The molecule has 0 saturated carbocycles. The number of guanidine groups is 1. The minimum Gasteiger partial charge on any atom is -0.496 e. The molecule has 2 aromatic rings. The summed E-state index contributed by atoms with van der Waals surface area (Å²) in [5.41, 5.74) is 1.16. The standard InChI is InChI=1S/C24H37N5O2.HI/c1-5-25-24(26-17-20(28(2)3)19-11-6-7-12-22(19)30-4)27-18-21(23-13-10-16-31-23)29-14-8-9-15-29;/h6-7,10-13,16,20-21H,5,8-9,14-15,17-18H2,1-4H3,(H2,25,26,27);1H. The Labute approximate surface area is 209 Å². The third-order valence-electron chi connectivity index (χ3n) is 5.80. The minimum absolute atomic E-state index is 0. The molecule has 0 radical (unpaired) electrons. The fourth-order valence-electron chi connectivity index (χ4n) is 4.14. The molecule has 1 aliphatic heterocycles. The number of rotatable bonds is 10. The second kappa shape index (κ2) is 13.7. The summed E-state index contributed by atoms with van der Waals surface area (Å²) < 4.78 is 11.3. The molecule has 1 aliphatic rings. The van der Waals surface area contributed by atoms with Crippen molar-refractivity contribution >= 4 is 29.9 Å². The van der Waals surface area contributed by atoms with E-state index in [9.17, 15) is 0 Å². The number of nitrogens with one attached hydrogen (secondary N) is 2. The van der Waals surface area contributed by atoms with E-state index in [0.717, 1.165) is 42.7 Å². The third-order valence-corrected chi connectivity index (χ3v) is 5.80. The molecule has 2 heterocycles. The predicted octanol–water partition coefficient (Wildman–Crippen LogP) is 3.90. The Bertz CT molecular complexity index is 806. The Morgan fingerprint density at radius 3 is 2.53 bits per heavy atom. The summed E-state index contributed by atoms with van der Waals surface area (Å²) in [6, 6.07) is 12.5. The number of hydrogen-bond acceptors (Lipinski definition) is 5. The maximum absolute atomic E-state index is 5.74. The van der Waals surface area contributed by atoms with Crippen molar-refractivity contribution < 1.29 is 9.15 Å². The van der Waals surface area contributed by atoms with E-state index < -0.39 is 0 Å². The molecule has 2 unspecified atom stereocenters. The van der Waals surface area contributed by atoms with Gasteiger partial charge >= 0.3 is 0 Å². The molecule has 0 aliphatic carbocycles. The third kappa shape index (κ3) is 7.11. The zero-order valence-electron chi connectivity index (χ0n) is 19.7. The Kier molecular flexibility index (Phi) is 11.3. The topological polar surface area (TPSA) is 65.3 Å². The highest BCUT2D eigenvalue weighted by molar-refractivity contribution is 14.0. The molecule has 32 heavy (non-hydrogen) atoms. The fraction of sp³-hybridized carbons (Fsp3) is 0.542. The molecule has 3 rings (SSSR count). The molecule has 1 saturated heterocycles. The number of likely N-dealkylation sites (tertiary alicyclic amines) is 1. The van der Waals surface area contributed by atoms with E-state index in [0.29, 0.717) is 13.1 Å². The van der Waals surface area contributed by atoms with Crippen molar-refractivity contribution in [1.29, 1.82) is 0 Å². The van der Waals surface area contributed by atoms with Crippen LogP contribution in [0.2, 0.25) is 0 Å². The average molecular weight is 556 g/mol. The van der Waals surface area contributed by atoms with Crippen LogP contribution in [0.15, 0.2) is 52.1 Å². The normalized spacial score (nSPS) is 16.5. The summed E-state index contributed by atoms with van der Waals surface area (Å²) in [4.78, 5) is 9.60. The van der Waals surface area contributed by atoms with Crippen LogP contribution in [0.5, 0.6) is 5.75 Å². The van der Waals surface area contributed by atoms with Gasteiger partial charge in [0.05, 0.1) is 32.0 Å². The lowest BCUT2D eigenvalue weighted by molar-refractivity contribution is 0.221. The lowest BCUT2D eigenvalue weighted by Gasteiger charge is -2.28. The Morgan fingerprint density at radius 1 is 1.16 bits per heavy atom. The molecule has 8 heteroatoms. The van der Waals surface area contributed by atoms with E-state index in [4.69, 9.17) is 14.1 Å². The van der Waals surface area contributed by atoms with Gasteiger partial charge in [0, 0.05) is 18.7 Å². The largest absolute Gasteiger partial charge is 0.496 e. The first-order valence-corrected chi connectivity index (χ1v) is 11.2. The lowest BCUT2D eigenvalue weighted by Crippen LogP contribution is -2.42. The number of furan rings is 1. The zero-order chi connectivity index (χ0) is 22.1. The summed E-state index contributed by atoms with van der Waals surface area (Å²) in [6.45, 7) is 6.47. The van der Waals surface area contributed by atoms with Gasteiger partial charge in [-0.25, -0.2) is 0 Å². The van der Waals surface area contributed by atoms with Gasteiger partial charge < -0.3 is 24.7 Å². The lowest BCUT2D eigenvalue weighted by atomic mass is 10.0. The Balaban J connectivity index is 0.00000363. The second-order valence-corrected chi connectivity index (χ2v) is 8.10. The van der Waals surface area contributed by atoms with Crippen molar-refractivity contribution in [1.82, 2.24) is 20.4 Å². The summed E-state index contributed by atoms with van der Waals surface area (Å²) in [7, 11) is 5.89. The Morgan fingerprint density at radius 2 is 1.91 bits per heavy atom. The minimum atomic E-state index is 0. The van der Waals surface area contributed by atoms with E-state index in [1.165, 1.54) is 12.8 Å². The van der Waals surface area contributed by atoms with Crippen LogP contribution in [-0.4, -0.2) is 69.7 Å². The average Bonchev–Trinajstić information content (AvgIpc) is 3.49. The summed E-state index contributed by atoms with van der Waals surface area (Å²) in [5.74, 6) is 2.71. The number of ether oxygens (including phenoxy) is 1. The van der Waals surface area contributed by atoms with Crippen molar-refractivity contribution in [2.24, 2.45) is 4.99 Å². The van der Waals surface area contributed by atoms with Gasteiger partial charge in [-0.2, -0.15) is 0 Å².